The molecule has 0 radical (unpaired) electrons. The summed E-state index contributed by atoms with van der Waals surface area (Å²) in [4.78, 5) is 22.0. The maximum Gasteiger partial charge on any atom is 0.276 e. The van der Waals surface area contributed by atoms with Crippen LogP contribution in [-0.2, 0) is 0 Å². The van der Waals surface area contributed by atoms with Crippen molar-refractivity contribution in [2.24, 2.45) is 0 Å². The van der Waals surface area contributed by atoms with Gasteiger partial charge in [0.05, 0.1) is 10.7 Å². The van der Waals surface area contributed by atoms with Gasteiger partial charge in [-0.3, -0.25) is 9.78 Å². The highest BCUT2D eigenvalue weighted by atomic mass is 35.5. The number of aromatic nitrogens is 2. The van der Waals surface area contributed by atoms with Crippen molar-refractivity contribution in [1.82, 2.24) is 14.9 Å². The lowest BCUT2D eigenvalue weighted by atomic mass is 10.0. The molecule has 3 heterocycles. The molecule has 2 aromatic rings. The van der Waals surface area contributed by atoms with Crippen LogP contribution in [0.3, 0.4) is 0 Å². The maximum absolute atomic E-state index is 12.4. The van der Waals surface area contributed by atoms with Crippen LogP contribution in [0.15, 0.2) is 36.8 Å². The Morgan fingerprint density at radius 2 is 2.09 bits per heavy atom. The van der Waals surface area contributed by atoms with E-state index in [0.717, 1.165) is 18.5 Å². The minimum atomic E-state index is -0.233. The highest BCUT2D eigenvalue weighted by Gasteiger charge is 2.26. The molecule has 1 fully saturated rings. The number of anilines is 1. The number of nitrogens with one attached hydrogen (secondary N) is 1. The predicted octanol–water partition coefficient (Wildman–Crippen LogP) is 2.55. The first-order chi connectivity index (χ1) is 11.1. The van der Waals surface area contributed by atoms with E-state index in [-0.39, 0.29) is 23.4 Å². The van der Waals surface area contributed by atoms with E-state index in [1.165, 1.54) is 12.3 Å². The van der Waals surface area contributed by atoms with Crippen LogP contribution in [0.2, 0.25) is 5.02 Å². The monoisotopic (exact) mass is 332 g/mol. The summed E-state index contributed by atoms with van der Waals surface area (Å²) in [6, 6.07) is 5.16. The standard InChI is InChI=1S/C16H17ClN4O2/c17-12-10-18-7-3-13(12)20-11-4-8-21(9-5-11)16(23)15-14(22)2-1-6-19-15/h1-3,6-7,10-11,22H,4-5,8-9H2,(H,18,20). The van der Waals surface area contributed by atoms with Gasteiger partial charge in [-0.05, 0) is 31.0 Å². The van der Waals surface area contributed by atoms with Crippen LogP contribution < -0.4 is 5.32 Å². The second-order valence-electron chi connectivity index (χ2n) is 5.44. The van der Waals surface area contributed by atoms with E-state index in [1.54, 1.807) is 23.4 Å². The van der Waals surface area contributed by atoms with Crippen LogP contribution >= 0.6 is 11.6 Å². The third-order valence-electron chi connectivity index (χ3n) is 3.90. The normalized spacial score (nSPS) is 15.4. The zero-order valence-electron chi connectivity index (χ0n) is 12.4. The molecule has 0 aliphatic carbocycles. The van der Waals surface area contributed by atoms with Gasteiger partial charge in [0.15, 0.2) is 5.69 Å². The van der Waals surface area contributed by atoms with E-state index in [9.17, 15) is 9.90 Å². The molecule has 120 valence electrons. The Kier molecular flexibility index (Phi) is 4.62. The lowest BCUT2D eigenvalue weighted by molar-refractivity contribution is 0.0709. The first-order valence-electron chi connectivity index (χ1n) is 7.44. The van der Waals surface area contributed by atoms with E-state index in [4.69, 9.17) is 11.6 Å². The zero-order valence-corrected chi connectivity index (χ0v) is 13.2. The van der Waals surface area contributed by atoms with E-state index >= 15 is 0 Å². The SMILES string of the molecule is O=C(c1ncccc1O)N1CCC(Nc2ccncc2Cl)CC1. The summed E-state index contributed by atoms with van der Waals surface area (Å²) in [5, 5.41) is 13.7. The van der Waals surface area contributed by atoms with Gasteiger partial charge < -0.3 is 15.3 Å². The van der Waals surface area contributed by atoms with Gasteiger partial charge in [0.25, 0.3) is 5.91 Å². The Balaban J connectivity index is 1.59. The molecule has 7 heteroatoms. The molecule has 2 aromatic heterocycles. The molecule has 23 heavy (non-hydrogen) atoms. The molecule has 3 rings (SSSR count). The van der Waals surface area contributed by atoms with Gasteiger partial charge in [-0.1, -0.05) is 11.6 Å². The molecule has 1 amide bonds. The van der Waals surface area contributed by atoms with Crippen LogP contribution in [-0.4, -0.2) is 45.0 Å². The average Bonchev–Trinajstić information content (AvgIpc) is 2.57. The molecule has 1 aliphatic rings. The van der Waals surface area contributed by atoms with Crippen molar-refractivity contribution in [3.8, 4) is 5.75 Å². The highest BCUT2D eigenvalue weighted by molar-refractivity contribution is 6.33. The molecule has 0 aromatic carbocycles. The number of rotatable bonds is 3. The quantitative estimate of drug-likeness (QED) is 0.903. The van der Waals surface area contributed by atoms with Gasteiger partial charge >= 0.3 is 0 Å². The molecule has 6 nitrogen and oxygen atoms in total. The zero-order chi connectivity index (χ0) is 16.2. The molecule has 0 unspecified atom stereocenters. The summed E-state index contributed by atoms with van der Waals surface area (Å²) >= 11 is 6.09. The first-order valence-corrected chi connectivity index (χ1v) is 7.82. The number of halogens is 1. The minimum Gasteiger partial charge on any atom is -0.505 e. The number of aromatic hydroxyl groups is 1. The summed E-state index contributed by atoms with van der Waals surface area (Å²) in [6.07, 6.45) is 6.41. The van der Waals surface area contributed by atoms with Gasteiger partial charge in [0, 0.05) is 37.7 Å². The number of likely N-dealkylation sites (tertiary alicyclic amines) is 1. The van der Waals surface area contributed by atoms with E-state index in [1.807, 2.05) is 6.07 Å². The number of nitrogens with zero attached hydrogens (tertiary/aromatic N) is 3. The van der Waals surface area contributed by atoms with Crippen molar-refractivity contribution in [2.45, 2.75) is 18.9 Å². The number of pyridine rings is 2. The Morgan fingerprint density at radius 1 is 1.30 bits per heavy atom. The van der Waals surface area contributed by atoms with Crippen molar-refractivity contribution >= 4 is 23.2 Å². The Labute approximate surface area is 139 Å². The number of carbonyl (C=O) groups is 1. The molecule has 0 atom stereocenters. The highest BCUT2D eigenvalue weighted by Crippen LogP contribution is 2.24. The van der Waals surface area contributed by atoms with E-state index in [0.29, 0.717) is 18.1 Å². The van der Waals surface area contributed by atoms with Crippen molar-refractivity contribution in [3.05, 3.63) is 47.5 Å². The van der Waals surface area contributed by atoms with Gasteiger partial charge in [-0.25, -0.2) is 4.98 Å². The summed E-state index contributed by atoms with van der Waals surface area (Å²) in [5.41, 5.74) is 0.963. The Morgan fingerprint density at radius 3 is 2.78 bits per heavy atom. The van der Waals surface area contributed by atoms with Gasteiger partial charge in [-0.15, -0.1) is 0 Å². The molecule has 2 N–H and O–H groups in total. The van der Waals surface area contributed by atoms with Crippen molar-refractivity contribution in [2.75, 3.05) is 18.4 Å². The molecule has 1 aliphatic heterocycles. The lowest BCUT2D eigenvalue weighted by Gasteiger charge is -2.32. The number of hydrogen-bond acceptors (Lipinski definition) is 5. The number of amides is 1. The number of carbonyl (C=O) groups excluding carboxylic acids is 1. The smallest absolute Gasteiger partial charge is 0.276 e. The molecule has 0 saturated carbocycles. The average molecular weight is 333 g/mol. The minimum absolute atomic E-state index is 0.0821. The molecule has 0 spiro atoms. The van der Waals surface area contributed by atoms with Crippen LogP contribution in [0.1, 0.15) is 23.3 Å². The van der Waals surface area contributed by atoms with Crippen molar-refractivity contribution in [3.63, 3.8) is 0 Å². The fourth-order valence-corrected chi connectivity index (χ4v) is 2.82. The van der Waals surface area contributed by atoms with E-state index in [2.05, 4.69) is 15.3 Å². The molecular weight excluding hydrogens is 316 g/mol. The second-order valence-corrected chi connectivity index (χ2v) is 5.84. The van der Waals surface area contributed by atoms with Gasteiger partial charge in [0.2, 0.25) is 0 Å². The van der Waals surface area contributed by atoms with Crippen LogP contribution in [0.25, 0.3) is 0 Å². The fourth-order valence-electron chi connectivity index (χ4n) is 2.65. The lowest BCUT2D eigenvalue weighted by Crippen LogP contribution is -2.42. The van der Waals surface area contributed by atoms with Crippen LogP contribution in [0.4, 0.5) is 5.69 Å². The topological polar surface area (TPSA) is 78.3 Å². The summed E-state index contributed by atoms with van der Waals surface area (Å²) in [7, 11) is 0. The third-order valence-corrected chi connectivity index (χ3v) is 4.20. The van der Waals surface area contributed by atoms with Crippen LogP contribution in [0.5, 0.6) is 5.75 Å². The Hall–Kier alpha value is -2.34. The molecular formula is C16H17ClN4O2. The molecule has 0 bridgehead atoms. The second kappa shape index (κ2) is 6.83. The predicted molar refractivity (Wildman–Crippen MR) is 87.7 cm³/mol. The number of hydrogen-bond donors (Lipinski definition) is 2. The first kappa shape index (κ1) is 15.6. The summed E-state index contributed by atoms with van der Waals surface area (Å²) in [5.74, 6) is -0.315. The third kappa shape index (κ3) is 3.53. The van der Waals surface area contributed by atoms with Gasteiger partial charge in [0.1, 0.15) is 5.75 Å². The fraction of sp³-hybridized carbons (Fsp3) is 0.312. The molecule has 1 saturated heterocycles. The number of piperidine rings is 1. The van der Waals surface area contributed by atoms with E-state index < -0.39 is 0 Å². The van der Waals surface area contributed by atoms with Gasteiger partial charge in [-0.2, -0.15) is 0 Å². The summed E-state index contributed by atoms with van der Waals surface area (Å²) in [6.45, 7) is 1.21. The van der Waals surface area contributed by atoms with Crippen molar-refractivity contribution in [1.29, 1.82) is 0 Å². The van der Waals surface area contributed by atoms with Crippen molar-refractivity contribution < 1.29 is 9.90 Å². The van der Waals surface area contributed by atoms with Crippen LogP contribution in [0, 0.1) is 0 Å². The largest absolute Gasteiger partial charge is 0.505 e. The maximum atomic E-state index is 12.4. The Bertz CT molecular complexity index is 702. The summed E-state index contributed by atoms with van der Waals surface area (Å²) < 4.78 is 0.